The van der Waals surface area contributed by atoms with Crippen molar-refractivity contribution in [3.63, 3.8) is 0 Å². The Morgan fingerprint density at radius 2 is 2.00 bits per heavy atom. The van der Waals surface area contributed by atoms with Crippen LogP contribution in [-0.2, 0) is 4.79 Å². The van der Waals surface area contributed by atoms with E-state index in [0.29, 0.717) is 13.0 Å². The zero-order valence-corrected chi connectivity index (χ0v) is 12.0. The van der Waals surface area contributed by atoms with Gasteiger partial charge in [-0.2, -0.15) is 0 Å². The van der Waals surface area contributed by atoms with Crippen LogP contribution in [0.3, 0.4) is 0 Å². The highest BCUT2D eigenvalue weighted by Crippen LogP contribution is 2.33. The molecule has 0 bridgehead atoms. The van der Waals surface area contributed by atoms with Gasteiger partial charge >= 0.3 is 0 Å². The monoisotopic (exact) mass is 256 g/mol. The molecular formula is C14H28N2O2. The van der Waals surface area contributed by atoms with Crippen molar-refractivity contribution in [2.75, 3.05) is 26.2 Å². The highest BCUT2D eigenvalue weighted by Gasteiger charge is 2.38. The Morgan fingerprint density at radius 1 is 1.39 bits per heavy atom. The molecule has 4 nitrogen and oxygen atoms in total. The molecule has 0 aliphatic carbocycles. The van der Waals surface area contributed by atoms with E-state index in [9.17, 15) is 4.79 Å². The largest absolute Gasteiger partial charge is 0.396 e. The fraction of sp³-hybridized carbons (Fsp3) is 0.929. The van der Waals surface area contributed by atoms with Crippen molar-refractivity contribution < 1.29 is 9.90 Å². The van der Waals surface area contributed by atoms with Gasteiger partial charge < -0.3 is 15.7 Å². The first-order valence-electron chi connectivity index (χ1n) is 7.06. The molecule has 3 N–H and O–H groups in total. The van der Waals surface area contributed by atoms with E-state index in [-0.39, 0.29) is 23.3 Å². The second-order valence-corrected chi connectivity index (χ2v) is 6.20. The van der Waals surface area contributed by atoms with Gasteiger partial charge in [0, 0.05) is 13.2 Å². The molecule has 1 saturated heterocycles. The average Bonchev–Trinajstić information content (AvgIpc) is 2.37. The van der Waals surface area contributed by atoms with Crippen molar-refractivity contribution in [1.82, 2.24) is 10.6 Å². The van der Waals surface area contributed by atoms with Gasteiger partial charge in [0.15, 0.2) is 0 Å². The molecule has 1 amide bonds. The molecule has 106 valence electrons. The lowest BCUT2D eigenvalue weighted by atomic mass is 9.75. The van der Waals surface area contributed by atoms with Crippen LogP contribution in [0.2, 0.25) is 0 Å². The second kappa shape index (κ2) is 6.53. The Kier molecular flexibility index (Phi) is 5.60. The summed E-state index contributed by atoms with van der Waals surface area (Å²) in [5.74, 6) is 0.192. The Labute approximate surface area is 111 Å². The number of hydrogen-bond donors (Lipinski definition) is 3. The first-order chi connectivity index (χ1) is 8.46. The van der Waals surface area contributed by atoms with Crippen LogP contribution in [0, 0.1) is 10.8 Å². The van der Waals surface area contributed by atoms with Crippen molar-refractivity contribution in [3.05, 3.63) is 0 Å². The van der Waals surface area contributed by atoms with Crippen molar-refractivity contribution in [3.8, 4) is 0 Å². The molecule has 1 aliphatic rings. The quantitative estimate of drug-likeness (QED) is 0.671. The van der Waals surface area contributed by atoms with Gasteiger partial charge in [-0.15, -0.1) is 0 Å². The Bertz CT molecular complexity index is 271. The maximum atomic E-state index is 12.4. The van der Waals surface area contributed by atoms with Gasteiger partial charge in [-0.3, -0.25) is 4.79 Å². The minimum absolute atomic E-state index is 0.0355. The van der Waals surface area contributed by atoms with Gasteiger partial charge in [-0.25, -0.2) is 0 Å². The SMILES string of the molecule is CCC1(C(=O)NCC(C)(C)CCO)CCNCC1. The summed E-state index contributed by atoms with van der Waals surface area (Å²) < 4.78 is 0. The summed E-state index contributed by atoms with van der Waals surface area (Å²) in [5, 5.41) is 15.4. The summed E-state index contributed by atoms with van der Waals surface area (Å²) in [5.41, 5.74) is -0.215. The van der Waals surface area contributed by atoms with Crippen LogP contribution in [-0.4, -0.2) is 37.3 Å². The second-order valence-electron chi connectivity index (χ2n) is 6.20. The molecule has 0 saturated carbocycles. The van der Waals surface area contributed by atoms with Crippen LogP contribution < -0.4 is 10.6 Å². The maximum Gasteiger partial charge on any atom is 0.226 e. The molecule has 0 radical (unpaired) electrons. The number of aliphatic hydroxyl groups excluding tert-OH is 1. The third kappa shape index (κ3) is 3.95. The zero-order valence-electron chi connectivity index (χ0n) is 12.0. The molecule has 0 spiro atoms. The van der Waals surface area contributed by atoms with E-state index >= 15 is 0 Å². The molecule has 4 heteroatoms. The number of carbonyl (C=O) groups is 1. The number of hydrogen-bond acceptors (Lipinski definition) is 3. The van der Waals surface area contributed by atoms with Crippen molar-refractivity contribution >= 4 is 5.91 Å². The summed E-state index contributed by atoms with van der Waals surface area (Å²) in [6.45, 7) is 8.93. The van der Waals surface area contributed by atoms with Gasteiger partial charge in [0.05, 0.1) is 5.41 Å². The molecular weight excluding hydrogens is 228 g/mol. The number of rotatable bonds is 6. The van der Waals surface area contributed by atoms with Gasteiger partial charge in [0.25, 0.3) is 0 Å². The minimum Gasteiger partial charge on any atom is -0.396 e. The number of piperidine rings is 1. The third-order valence-electron chi connectivity index (χ3n) is 4.24. The average molecular weight is 256 g/mol. The molecule has 1 fully saturated rings. The fourth-order valence-corrected chi connectivity index (χ4v) is 2.54. The molecule has 0 aromatic rings. The summed E-state index contributed by atoms with van der Waals surface area (Å²) in [6, 6.07) is 0. The van der Waals surface area contributed by atoms with Crippen molar-refractivity contribution in [2.45, 2.75) is 46.5 Å². The summed E-state index contributed by atoms with van der Waals surface area (Å²) >= 11 is 0. The molecule has 0 aromatic heterocycles. The molecule has 1 heterocycles. The van der Waals surface area contributed by atoms with Crippen LogP contribution in [0.15, 0.2) is 0 Å². The minimum atomic E-state index is -0.180. The predicted octanol–water partition coefficient (Wildman–Crippen LogP) is 1.29. The van der Waals surface area contributed by atoms with Gasteiger partial charge in [0.1, 0.15) is 0 Å². The van der Waals surface area contributed by atoms with Crippen LogP contribution in [0.25, 0.3) is 0 Å². The highest BCUT2D eigenvalue weighted by atomic mass is 16.3. The van der Waals surface area contributed by atoms with Crippen LogP contribution in [0.5, 0.6) is 0 Å². The van der Waals surface area contributed by atoms with E-state index < -0.39 is 0 Å². The highest BCUT2D eigenvalue weighted by molar-refractivity contribution is 5.82. The molecule has 0 unspecified atom stereocenters. The number of amides is 1. The van der Waals surface area contributed by atoms with E-state index in [0.717, 1.165) is 32.4 Å². The van der Waals surface area contributed by atoms with Gasteiger partial charge in [0.2, 0.25) is 5.91 Å². The van der Waals surface area contributed by atoms with E-state index in [1.807, 2.05) is 0 Å². The summed E-state index contributed by atoms with van der Waals surface area (Å²) in [6.07, 6.45) is 3.47. The first-order valence-corrected chi connectivity index (χ1v) is 7.06. The lowest BCUT2D eigenvalue weighted by molar-refractivity contribution is -0.133. The third-order valence-corrected chi connectivity index (χ3v) is 4.24. The Hall–Kier alpha value is -0.610. The number of carbonyl (C=O) groups excluding carboxylic acids is 1. The summed E-state index contributed by atoms with van der Waals surface area (Å²) in [7, 11) is 0. The van der Waals surface area contributed by atoms with Crippen LogP contribution in [0.4, 0.5) is 0 Å². The topological polar surface area (TPSA) is 61.4 Å². The van der Waals surface area contributed by atoms with E-state index in [1.165, 1.54) is 0 Å². The van der Waals surface area contributed by atoms with Crippen LogP contribution >= 0.6 is 0 Å². The van der Waals surface area contributed by atoms with E-state index in [2.05, 4.69) is 31.4 Å². The number of nitrogens with one attached hydrogen (secondary N) is 2. The normalized spacial score (nSPS) is 19.6. The molecule has 1 rings (SSSR count). The predicted molar refractivity (Wildman–Crippen MR) is 73.3 cm³/mol. The fourth-order valence-electron chi connectivity index (χ4n) is 2.54. The van der Waals surface area contributed by atoms with Crippen molar-refractivity contribution in [2.24, 2.45) is 10.8 Å². The molecule has 0 atom stereocenters. The number of aliphatic hydroxyl groups is 1. The zero-order chi connectivity index (χ0) is 13.6. The molecule has 1 aliphatic heterocycles. The molecule has 18 heavy (non-hydrogen) atoms. The van der Waals surface area contributed by atoms with Crippen LogP contribution in [0.1, 0.15) is 46.5 Å². The lowest BCUT2D eigenvalue weighted by Gasteiger charge is -2.36. The van der Waals surface area contributed by atoms with E-state index in [4.69, 9.17) is 5.11 Å². The van der Waals surface area contributed by atoms with Gasteiger partial charge in [-0.05, 0) is 44.2 Å². The summed E-state index contributed by atoms with van der Waals surface area (Å²) in [4.78, 5) is 12.4. The molecule has 0 aromatic carbocycles. The lowest BCUT2D eigenvalue weighted by Crippen LogP contribution is -2.49. The Morgan fingerprint density at radius 3 is 2.50 bits per heavy atom. The standard InChI is InChI=1S/C14H28N2O2/c1-4-14(5-8-15-9-6-14)12(18)16-11-13(2,3)7-10-17/h15,17H,4-11H2,1-3H3,(H,16,18). The van der Waals surface area contributed by atoms with E-state index in [1.54, 1.807) is 0 Å². The van der Waals surface area contributed by atoms with Gasteiger partial charge in [-0.1, -0.05) is 20.8 Å². The maximum absolute atomic E-state index is 12.4. The van der Waals surface area contributed by atoms with Crippen molar-refractivity contribution in [1.29, 1.82) is 0 Å². The smallest absolute Gasteiger partial charge is 0.226 e. The first kappa shape index (κ1) is 15.4. The Balaban J connectivity index is 2.52.